The molecule has 0 saturated heterocycles. The van der Waals surface area contributed by atoms with Crippen LogP contribution in [0.25, 0.3) is 6.08 Å². The largest absolute Gasteiger partial charge is 0.478 e. The molecule has 0 saturated carbocycles. The van der Waals surface area contributed by atoms with Crippen molar-refractivity contribution in [2.45, 2.75) is 13.0 Å². The predicted octanol–water partition coefficient (Wildman–Crippen LogP) is 1.93. The maximum absolute atomic E-state index is 11.5. The molecule has 2 amide bonds. The van der Waals surface area contributed by atoms with Crippen LogP contribution in [0.3, 0.4) is 0 Å². The van der Waals surface area contributed by atoms with Crippen molar-refractivity contribution in [1.29, 1.82) is 0 Å². The van der Waals surface area contributed by atoms with E-state index in [4.69, 9.17) is 11.5 Å². The lowest BCUT2D eigenvalue weighted by molar-refractivity contribution is -0.131. The molecular weight excluding hydrogens is 244 g/mol. The number of carboxylic acid groups (broad SMARTS) is 1. The number of aliphatic carboxylic acids is 1. The van der Waals surface area contributed by atoms with Crippen LogP contribution in [0.15, 0.2) is 30.3 Å². The highest BCUT2D eigenvalue weighted by Crippen LogP contribution is 2.10. The zero-order chi connectivity index (χ0) is 14.3. The number of benzene rings is 1. The molecule has 1 aromatic rings. The van der Waals surface area contributed by atoms with Gasteiger partial charge in [-0.15, -0.1) is 6.42 Å². The van der Waals surface area contributed by atoms with Crippen molar-refractivity contribution < 1.29 is 14.7 Å². The summed E-state index contributed by atoms with van der Waals surface area (Å²) in [5.74, 6) is 1.37. The lowest BCUT2D eigenvalue weighted by Gasteiger charge is -2.09. The molecule has 0 heterocycles. The number of hydrogen-bond donors (Lipinski definition) is 3. The molecule has 0 aromatic heterocycles. The summed E-state index contributed by atoms with van der Waals surface area (Å²) >= 11 is 0. The zero-order valence-electron chi connectivity index (χ0n) is 10.4. The molecule has 0 spiro atoms. The second-order valence-electron chi connectivity index (χ2n) is 3.78. The van der Waals surface area contributed by atoms with Crippen molar-refractivity contribution in [3.05, 3.63) is 35.9 Å². The average molecular weight is 258 g/mol. The molecule has 0 fully saturated rings. The van der Waals surface area contributed by atoms with Crippen LogP contribution < -0.4 is 10.6 Å². The Morgan fingerprint density at radius 2 is 2.00 bits per heavy atom. The van der Waals surface area contributed by atoms with E-state index in [1.54, 1.807) is 31.2 Å². The van der Waals surface area contributed by atoms with Gasteiger partial charge in [0.2, 0.25) is 0 Å². The standard InChI is InChI=1S/C14H14N2O3/c1-3-10(2)15-14(19)16-12-7-4-11(5-8-12)6-9-13(17)18/h1,4-10H,2H3,(H,17,18)(H2,15,16,19)/b9-6+. The molecule has 0 aliphatic carbocycles. The second kappa shape index (κ2) is 6.87. The van der Waals surface area contributed by atoms with E-state index >= 15 is 0 Å². The molecule has 3 N–H and O–H groups in total. The first-order valence-corrected chi connectivity index (χ1v) is 5.56. The number of nitrogens with one attached hydrogen (secondary N) is 2. The Bertz CT molecular complexity index is 527. The van der Waals surface area contributed by atoms with E-state index in [1.807, 2.05) is 0 Å². The number of urea groups is 1. The third-order valence-corrected chi connectivity index (χ3v) is 2.18. The van der Waals surface area contributed by atoms with Gasteiger partial charge in [-0.25, -0.2) is 9.59 Å². The minimum Gasteiger partial charge on any atom is -0.478 e. The normalized spacial score (nSPS) is 11.6. The Labute approximate surface area is 111 Å². The van der Waals surface area contributed by atoms with E-state index in [-0.39, 0.29) is 12.1 Å². The molecule has 1 aromatic carbocycles. The van der Waals surface area contributed by atoms with Crippen molar-refractivity contribution >= 4 is 23.8 Å². The molecule has 1 unspecified atom stereocenters. The summed E-state index contributed by atoms with van der Waals surface area (Å²) < 4.78 is 0. The SMILES string of the molecule is C#CC(C)NC(=O)Nc1ccc(/C=C/C(=O)O)cc1. The van der Waals surface area contributed by atoms with E-state index < -0.39 is 5.97 Å². The highest BCUT2D eigenvalue weighted by atomic mass is 16.4. The topological polar surface area (TPSA) is 78.4 Å². The molecule has 0 aliphatic rings. The fourth-order valence-electron chi connectivity index (χ4n) is 1.25. The van der Waals surface area contributed by atoms with Crippen molar-refractivity contribution in [3.8, 4) is 12.3 Å². The quantitative estimate of drug-likeness (QED) is 0.570. The maximum Gasteiger partial charge on any atom is 0.328 e. The number of amides is 2. The molecule has 0 bridgehead atoms. The van der Waals surface area contributed by atoms with Crippen LogP contribution >= 0.6 is 0 Å². The number of hydrogen-bond acceptors (Lipinski definition) is 2. The predicted molar refractivity (Wildman–Crippen MR) is 73.6 cm³/mol. The van der Waals surface area contributed by atoms with E-state index in [2.05, 4.69) is 16.6 Å². The smallest absolute Gasteiger partial charge is 0.328 e. The number of carbonyl (C=O) groups excluding carboxylic acids is 1. The Kier molecular flexibility index (Phi) is 5.17. The molecule has 19 heavy (non-hydrogen) atoms. The van der Waals surface area contributed by atoms with Gasteiger partial charge in [0.05, 0.1) is 6.04 Å². The molecule has 0 radical (unpaired) electrons. The number of anilines is 1. The van der Waals surface area contributed by atoms with Gasteiger partial charge < -0.3 is 15.7 Å². The van der Waals surface area contributed by atoms with Gasteiger partial charge in [-0.3, -0.25) is 0 Å². The minimum atomic E-state index is -1.01. The number of carboxylic acids is 1. The van der Waals surface area contributed by atoms with E-state index in [1.165, 1.54) is 6.08 Å². The third kappa shape index (κ3) is 5.41. The highest BCUT2D eigenvalue weighted by molar-refractivity contribution is 5.90. The summed E-state index contributed by atoms with van der Waals surface area (Å²) in [5.41, 5.74) is 1.32. The van der Waals surface area contributed by atoms with Gasteiger partial charge in [0.25, 0.3) is 0 Å². The monoisotopic (exact) mass is 258 g/mol. The molecule has 0 aliphatic heterocycles. The summed E-state index contributed by atoms with van der Waals surface area (Å²) in [6, 6.07) is 5.99. The van der Waals surface area contributed by atoms with E-state index in [0.29, 0.717) is 5.69 Å². The molecule has 1 atom stereocenters. The zero-order valence-corrected chi connectivity index (χ0v) is 10.4. The lowest BCUT2D eigenvalue weighted by atomic mass is 10.2. The molecule has 1 rings (SSSR count). The first-order valence-electron chi connectivity index (χ1n) is 5.56. The third-order valence-electron chi connectivity index (χ3n) is 2.18. The van der Waals surface area contributed by atoms with Crippen LogP contribution in [0, 0.1) is 12.3 Å². The molecular formula is C14H14N2O3. The Morgan fingerprint density at radius 1 is 1.37 bits per heavy atom. The second-order valence-corrected chi connectivity index (χ2v) is 3.78. The van der Waals surface area contributed by atoms with Gasteiger partial charge in [-0.1, -0.05) is 18.1 Å². The molecule has 5 heteroatoms. The van der Waals surface area contributed by atoms with Gasteiger partial charge in [-0.05, 0) is 30.7 Å². The van der Waals surface area contributed by atoms with Crippen molar-refractivity contribution in [3.63, 3.8) is 0 Å². The van der Waals surface area contributed by atoms with Crippen LogP contribution in [0.4, 0.5) is 10.5 Å². The summed E-state index contributed by atoms with van der Waals surface area (Å²) in [6.45, 7) is 1.69. The molecule has 98 valence electrons. The van der Waals surface area contributed by atoms with Crippen LogP contribution in [0.5, 0.6) is 0 Å². The number of rotatable bonds is 4. The van der Waals surface area contributed by atoms with Crippen molar-refractivity contribution in [1.82, 2.24) is 5.32 Å². The first-order chi connectivity index (χ1) is 9.01. The van der Waals surface area contributed by atoms with Gasteiger partial charge in [-0.2, -0.15) is 0 Å². The highest BCUT2D eigenvalue weighted by Gasteiger charge is 2.04. The van der Waals surface area contributed by atoms with Crippen LogP contribution in [0.1, 0.15) is 12.5 Å². The van der Waals surface area contributed by atoms with Gasteiger partial charge in [0, 0.05) is 11.8 Å². The van der Waals surface area contributed by atoms with E-state index in [0.717, 1.165) is 11.6 Å². The van der Waals surface area contributed by atoms with Crippen LogP contribution in [-0.2, 0) is 4.79 Å². The van der Waals surface area contributed by atoms with Crippen molar-refractivity contribution in [2.24, 2.45) is 0 Å². The van der Waals surface area contributed by atoms with E-state index in [9.17, 15) is 9.59 Å². The summed E-state index contributed by atoms with van der Waals surface area (Å²) in [7, 11) is 0. The lowest BCUT2D eigenvalue weighted by Crippen LogP contribution is -2.35. The minimum absolute atomic E-state index is 0.349. The van der Waals surface area contributed by atoms with Crippen molar-refractivity contribution in [2.75, 3.05) is 5.32 Å². The van der Waals surface area contributed by atoms with Gasteiger partial charge in [0.1, 0.15) is 0 Å². The first kappa shape index (κ1) is 14.3. The Hall–Kier alpha value is -2.74. The average Bonchev–Trinajstić information content (AvgIpc) is 2.37. The summed E-state index contributed by atoms with van der Waals surface area (Å²) in [4.78, 5) is 21.8. The van der Waals surface area contributed by atoms with Gasteiger partial charge >= 0.3 is 12.0 Å². The van der Waals surface area contributed by atoms with Crippen LogP contribution in [0.2, 0.25) is 0 Å². The van der Waals surface area contributed by atoms with Gasteiger partial charge in [0.15, 0.2) is 0 Å². The number of carbonyl (C=O) groups is 2. The summed E-state index contributed by atoms with van der Waals surface area (Å²) in [5, 5.41) is 13.7. The fourth-order valence-corrected chi connectivity index (χ4v) is 1.25. The Morgan fingerprint density at radius 3 is 2.53 bits per heavy atom. The molecule has 5 nitrogen and oxygen atoms in total. The number of terminal acetylenes is 1. The fraction of sp³-hybridized carbons (Fsp3) is 0.143. The Balaban J connectivity index is 2.60. The van der Waals surface area contributed by atoms with Crippen LogP contribution in [-0.4, -0.2) is 23.1 Å². The maximum atomic E-state index is 11.5. The summed E-state index contributed by atoms with van der Waals surface area (Å²) in [6.07, 6.45) is 7.65.